The fraction of sp³-hybridized carbons (Fsp3) is 0.588. The second kappa shape index (κ2) is 12.0. The Morgan fingerprint density at radius 3 is 2.48 bits per heavy atom. The molecule has 0 radical (unpaired) electrons. The molecule has 1 aromatic carbocycles. The molecule has 132 valence electrons. The predicted molar refractivity (Wildman–Crippen MR) is 95.5 cm³/mol. The standard InChI is InChI=1S/C17H28N2O3.ClH/c1-13(19-17(20)8-6-4-5-7-11-18)15-12-14(21-2)9-10-16(15)22-3;/h9-10,12-13H,4-8,11,18H2,1-3H3,(H,19,20);1H. The first-order valence-electron chi connectivity index (χ1n) is 7.83. The van der Waals surface area contributed by atoms with Crippen molar-refractivity contribution in [1.29, 1.82) is 0 Å². The lowest BCUT2D eigenvalue weighted by Crippen LogP contribution is -2.26. The molecule has 0 spiro atoms. The average Bonchev–Trinajstić information content (AvgIpc) is 2.53. The van der Waals surface area contributed by atoms with Gasteiger partial charge in [-0.15, -0.1) is 12.4 Å². The normalized spacial score (nSPS) is 11.3. The first kappa shape index (κ1) is 21.5. The van der Waals surface area contributed by atoms with Gasteiger partial charge in [0.05, 0.1) is 20.3 Å². The van der Waals surface area contributed by atoms with Gasteiger partial charge in [-0.2, -0.15) is 0 Å². The molecule has 1 rings (SSSR count). The molecule has 0 aromatic heterocycles. The predicted octanol–water partition coefficient (Wildman–Crippen LogP) is 3.21. The zero-order valence-corrected chi connectivity index (χ0v) is 15.1. The van der Waals surface area contributed by atoms with Crippen LogP contribution in [0, 0.1) is 0 Å². The van der Waals surface area contributed by atoms with E-state index in [9.17, 15) is 4.79 Å². The number of unbranched alkanes of at least 4 members (excludes halogenated alkanes) is 3. The van der Waals surface area contributed by atoms with Gasteiger partial charge in [-0.1, -0.05) is 12.8 Å². The topological polar surface area (TPSA) is 73.6 Å². The van der Waals surface area contributed by atoms with E-state index in [4.69, 9.17) is 15.2 Å². The van der Waals surface area contributed by atoms with E-state index in [2.05, 4.69) is 5.32 Å². The van der Waals surface area contributed by atoms with Crippen LogP contribution in [0.5, 0.6) is 11.5 Å². The summed E-state index contributed by atoms with van der Waals surface area (Å²) in [6.45, 7) is 2.67. The largest absolute Gasteiger partial charge is 0.497 e. The highest BCUT2D eigenvalue weighted by molar-refractivity contribution is 5.85. The van der Waals surface area contributed by atoms with Crippen molar-refractivity contribution in [2.24, 2.45) is 5.73 Å². The average molecular weight is 345 g/mol. The van der Waals surface area contributed by atoms with Crippen molar-refractivity contribution in [2.45, 2.75) is 45.1 Å². The second-order valence-electron chi connectivity index (χ2n) is 5.35. The van der Waals surface area contributed by atoms with Crippen molar-refractivity contribution in [2.75, 3.05) is 20.8 Å². The Hall–Kier alpha value is -1.46. The molecule has 0 fully saturated rings. The van der Waals surface area contributed by atoms with E-state index in [1.54, 1.807) is 14.2 Å². The number of carbonyl (C=O) groups excluding carboxylic acids is 1. The number of nitrogens with two attached hydrogens (primary N) is 1. The van der Waals surface area contributed by atoms with E-state index in [-0.39, 0.29) is 24.4 Å². The van der Waals surface area contributed by atoms with Crippen LogP contribution in [0.2, 0.25) is 0 Å². The summed E-state index contributed by atoms with van der Waals surface area (Å²) in [5, 5.41) is 3.01. The summed E-state index contributed by atoms with van der Waals surface area (Å²) in [4.78, 5) is 12.0. The van der Waals surface area contributed by atoms with E-state index in [0.29, 0.717) is 6.42 Å². The van der Waals surface area contributed by atoms with Gasteiger partial charge in [-0.3, -0.25) is 4.79 Å². The minimum absolute atomic E-state index is 0. The molecular formula is C17H29ClN2O3. The number of nitrogens with one attached hydrogen (secondary N) is 1. The summed E-state index contributed by atoms with van der Waals surface area (Å²) in [7, 11) is 3.24. The SMILES string of the molecule is COc1ccc(OC)c(C(C)NC(=O)CCCCCCN)c1.Cl. The van der Waals surface area contributed by atoms with Crippen LogP contribution >= 0.6 is 12.4 Å². The van der Waals surface area contributed by atoms with Crippen molar-refractivity contribution in [3.8, 4) is 11.5 Å². The van der Waals surface area contributed by atoms with Gasteiger partial charge in [-0.25, -0.2) is 0 Å². The van der Waals surface area contributed by atoms with Crippen LogP contribution in [0.3, 0.4) is 0 Å². The molecule has 1 unspecified atom stereocenters. The molecule has 0 aliphatic carbocycles. The molecule has 0 bridgehead atoms. The Kier molecular flexibility index (Phi) is 11.3. The smallest absolute Gasteiger partial charge is 0.220 e. The van der Waals surface area contributed by atoms with Crippen LogP contribution in [0.25, 0.3) is 0 Å². The Labute approximate surface area is 145 Å². The molecule has 0 saturated carbocycles. The quantitative estimate of drug-likeness (QED) is 0.639. The number of hydrogen-bond acceptors (Lipinski definition) is 4. The van der Waals surface area contributed by atoms with Crippen LogP contribution in [0.4, 0.5) is 0 Å². The number of ether oxygens (including phenoxy) is 2. The number of halogens is 1. The molecule has 1 amide bonds. The molecule has 1 atom stereocenters. The maximum Gasteiger partial charge on any atom is 0.220 e. The first-order valence-corrected chi connectivity index (χ1v) is 7.83. The summed E-state index contributed by atoms with van der Waals surface area (Å²) < 4.78 is 10.6. The summed E-state index contributed by atoms with van der Waals surface area (Å²) >= 11 is 0. The van der Waals surface area contributed by atoms with Gasteiger partial charge in [0.15, 0.2) is 0 Å². The van der Waals surface area contributed by atoms with E-state index in [1.165, 1.54) is 0 Å². The molecule has 5 nitrogen and oxygen atoms in total. The highest BCUT2D eigenvalue weighted by Gasteiger charge is 2.15. The highest BCUT2D eigenvalue weighted by Crippen LogP contribution is 2.29. The summed E-state index contributed by atoms with van der Waals surface area (Å²) in [6, 6.07) is 5.46. The van der Waals surface area contributed by atoms with Crippen LogP contribution in [-0.2, 0) is 4.79 Å². The third-order valence-electron chi connectivity index (χ3n) is 3.64. The lowest BCUT2D eigenvalue weighted by Gasteiger charge is -2.18. The van der Waals surface area contributed by atoms with Crippen molar-refractivity contribution >= 4 is 18.3 Å². The molecule has 0 heterocycles. The van der Waals surface area contributed by atoms with Crippen LogP contribution in [0.15, 0.2) is 18.2 Å². The fourth-order valence-electron chi connectivity index (χ4n) is 2.35. The Morgan fingerprint density at radius 2 is 1.87 bits per heavy atom. The molecule has 0 saturated heterocycles. The lowest BCUT2D eigenvalue weighted by molar-refractivity contribution is -0.121. The van der Waals surface area contributed by atoms with Gasteiger partial charge in [0.1, 0.15) is 11.5 Å². The monoisotopic (exact) mass is 344 g/mol. The van der Waals surface area contributed by atoms with E-state index in [1.807, 2.05) is 25.1 Å². The van der Waals surface area contributed by atoms with Gasteiger partial charge >= 0.3 is 0 Å². The van der Waals surface area contributed by atoms with Crippen molar-refractivity contribution in [1.82, 2.24) is 5.32 Å². The second-order valence-corrected chi connectivity index (χ2v) is 5.35. The summed E-state index contributed by atoms with van der Waals surface area (Å²) in [5.41, 5.74) is 6.37. The van der Waals surface area contributed by atoms with Gasteiger partial charge < -0.3 is 20.5 Å². The zero-order valence-electron chi connectivity index (χ0n) is 14.3. The maximum absolute atomic E-state index is 12.0. The number of benzene rings is 1. The number of rotatable bonds is 10. The number of carbonyl (C=O) groups is 1. The minimum Gasteiger partial charge on any atom is -0.497 e. The highest BCUT2D eigenvalue weighted by atomic mass is 35.5. The number of amides is 1. The van der Waals surface area contributed by atoms with Crippen LogP contribution in [0.1, 0.15) is 50.6 Å². The van der Waals surface area contributed by atoms with Gasteiger partial charge in [0.2, 0.25) is 5.91 Å². The van der Waals surface area contributed by atoms with E-state index in [0.717, 1.165) is 49.3 Å². The molecule has 6 heteroatoms. The third kappa shape index (κ3) is 7.57. The Bertz CT molecular complexity index is 469. The minimum atomic E-state index is -0.124. The maximum atomic E-state index is 12.0. The van der Waals surface area contributed by atoms with Gasteiger partial charge in [0.25, 0.3) is 0 Å². The van der Waals surface area contributed by atoms with Crippen LogP contribution < -0.4 is 20.5 Å². The summed E-state index contributed by atoms with van der Waals surface area (Å²) in [5.74, 6) is 1.56. The van der Waals surface area contributed by atoms with Crippen molar-refractivity contribution in [3.05, 3.63) is 23.8 Å². The van der Waals surface area contributed by atoms with E-state index < -0.39 is 0 Å². The van der Waals surface area contributed by atoms with E-state index >= 15 is 0 Å². The molecule has 3 N–H and O–H groups in total. The zero-order chi connectivity index (χ0) is 16.4. The molecule has 1 aromatic rings. The summed E-state index contributed by atoms with van der Waals surface area (Å²) in [6.07, 6.45) is 4.60. The first-order chi connectivity index (χ1) is 10.6. The van der Waals surface area contributed by atoms with Crippen LogP contribution in [-0.4, -0.2) is 26.7 Å². The molecule has 23 heavy (non-hydrogen) atoms. The molecule has 0 aliphatic heterocycles. The van der Waals surface area contributed by atoms with Gasteiger partial charge in [0, 0.05) is 12.0 Å². The van der Waals surface area contributed by atoms with Crippen molar-refractivity contribution < 1.29 is 14.3 Å². The fourth-order valence-corrected chi connectivity index (χ4v) is 2.35. The molecular weight excluding hydrogens is 316 g/mol. The Morgan fingerprint density at radius 1 is 1.17 bits per heavy atom. The molecule has 0 aliphatic rings. The number of methoxy groups -OCH3 is 2. The van der Waals surface area contributed by atoms with Crippen molar-refractivity contribution in [3.63, 3.8) is 0 Å². The third-order valence-corrected chi connectivity index (χ3v) is 3.64. The number of hydrogen-bond donors (Lipinski definition) is 2. The Balaban J connectivity index is 0.00000484. The lowest BCUT2D eigenvalue weighted by atomic mass is 10.1. The van der Waals surface area contributed by atoms with Gasteiger partial charge in [-0.05, 0) is 44.5 Å².